The zero-order valence-corrected chi connectivity index (χ0v) is 12.9. The maximum atomic E-state index is 10.5. The van der Waals surface area contributed by atoms with Crippen molar-refractivity contribution < 1.29 is 5.11 Å². The fraction of sp³-hybridized carbons (Fsp3) is 0.333. The summed E-state index contributed by atoms with van der Waals surface area (Å²) >= 11 is 12.3. The van der Waals surface area contributed by atoms with Gasteiger partial charge >= 0.3 is 0 Å². The summed E-state index contributed by atoms with van der Waals surface area (Å²) < 4.78 is 0. The molecule has 0 aliphatic heterocycles. The predicted octanol–water partition coefficient (Wildman–Crippen LogP) is 3.93. The van der Waals surface area contributed by atoms with Crippen molar-refractivity contribution in [2.24, 2.45) is 0 Å². The van der Waals surface area contributed by atoms with Gasteiger partial charge in [0.25, 0.3) is 0 Å². The molecule has 1 heterocycles. The van der Waals surface area contributed by atoms with Gasteiger partial charge in [0.2, 0.25) is 0 Å². The van der Waals surface area contributed by atoms with Crippen molar-refractivity contribution in [3.8, 4) is 0 Å². The first kappa shape index (κ1) is 15.2. The van der Waals surface area contributed by atoms with Crippen molar-refractivity contribution in [1.29, 1.82) is 0 Å². The summed E-state index contributed by atoms with van der Waals surface area (Å²) in [5.41, 5.74) is 3.11. The van der Waals surface area contributed by atoms with Crippen LogP contribution in [0.15, 0.2) is 24.3 Å². The number of halogens is 2. The van der Waals surface area contributed by atoms with E-state index in [2.05, 4.69) is 10.2 Å². The minimum atomic E-state index is -0.698. The first-order chi connectivity index (χ1) is 9.52. The van der Waals surface area contributed by atoms with Gasteiger partial charge in [-0.05, 0) is 37.1 Å². The van der Waals surface area contributed by atoms with Crippen molar-refractivity contribution in [3.05, 3.63) is 56.8 Å². The Kier molecular flexibility index (Phi) is 4.97. The Morgan fingerprint density at radius 2 is 1.85 bits per heavy atom. The van der Waals surface area contributed by atoms with Gasteiger partial charge in [-0.15, -0.1) is 0 Å². The van der Waals surface area contributed by atoms with Crippen LogP contribution >= 0.6 is 23.2 Å². The summed E-state index contributed by atoms with van der Waals surface area (Å²) in [6, 6.07) is 7.19. The Labute approximate surface area is 128 Å². The van der Waals surface area contributed by atoms with Gasteiger partial charge in [-0.3, -0.25) is 0 Å². The first-order valence-electron chi connectivity index (χ1n) is 6.47. The summed E-state index contributed by atoms with van der Waals surface area (Å²) in [6.07, 6.45) is 0.378. The second kappa shape index (κ2) is 6.53. The van der Waals surface area contributed by atoms with Crippen molar-refractivity contribution in [3.63, 3.8) is 0 Å². The van der Waals surface area contributed by atoms with Gasteiger partial charge < -0.3 is 5.11 Å². The van der Waals surface area contributed by atoms with Crippen molar-refractivity contribution in [2.45, 2.75) is 32.8 Å². The molecule has 0 fully saturated rings. The Morgan fingerprint density at radius 3 is 2.45 bits per heavy atom. The molecule has 5 heteroatoms. The molecule has 0 spiro atoms. The number of nitrogens with zero attached hydrogens (tertiary/aromatic N) is 2. The smallest absolute Gasteiger partial charge is 0.0850 e. The standard InChI is InChI=1S/C15H16Cl2N2O/c1-3-14-11(7-9(2)18-19-14)15(20)8-10-12(16)5-4-6-13(10)17/h4-7,15,20H,3,8H2,1-2H3. The molecule has 106 valence electrons. The molecule has 2 aromatic rings. The lowest BCUT2D eigenvalue weighted by atomic mass is 9.99. The number of aliphatic hydroxyl groups excluding tert-OH is 1. The van der Waals surface area contributed by atoms with Crippen LogP contribution in [0.2, 0.25) is 10.0 Å². The highest BCUT2D eigenvalue weighted by atomic mass is 35.5. The first-order valence-corrected chi connectivity index (χ1v) is 7.22. The summed E-state index contributed by atoms with van der Waals surface area (Å²) in [7, 11) is 0. The van der Waals surface area contributed by atoms with E-state index in [1.807, 2.05) is 19.9 Å². The number of aromatic nitrogens is 2. The predicted molar refractivity (Wildman–Crippen MR) is 81.3 cm³/mol. The fourth-order valence-electron chi connectivity index (χ4n) is 2.13. The van der Waals surface area contributed by atoms with Crippen molar-refractivity contribution in [2.75, 3.05) is 0 Å². The number of hydrogen-bond donors (Lipinski definition) is 1. The quantitative estimate of drug-likeness (QED) is 0.930. The monoisotopic (exact) mass is 310 g/mol. The van der Waals surface area contributed by atoms with Crippen LogP contribution in [0.3, 0.4) is 0 Å². The normalized spacial score (nSPS) is 12.4. The molecule has 0 saturated carbocycles. The number of aliphatic hydroxyl groups is 1. The zero-order valence-electron chi connectivity index (χ0n) is 11.4. The lowest BCUT2D eigenvalue weighted by Crippen LogP contribution is -2.09. The average molecular weight is 311 g/mol. The third-order valence-electron chi connectivity index (χ3n) is 3.18. The molecule has 0 radical (unpaired) electrons. The molecule has 0 amide bonds. The number of rotatable bonds is 4. The molecule has 1 N–H and O–H groups in total. The molecular formula is C15H16Cl2N2O. The van der Waals surface area contributed by atoms with Gasteiger partial charge in [0.05, 0.1) is 17.5 Å². The summed E-state index contributed by atoms with van der Waals surface area (Å²) in [6.45, 7) is 3.84. The van der Waals surface area contributed by atoms with E-state index >= 15 is 0 Å². The molecule has 2 rings (SSSR count). The van der Waals surface area contributed by atoms with Crippen LogP contribution in [0.1, 0.15) is 35.5 Å². The molecule has 0 aliphatic carbocycles. The Bertz CT molecular complexity index is 597. The molecule has 3 nitrogen and oxygen atoms in total. The van der Waals surface area contributed by atoms with Crippen LogP contribution in [-0.4, -0.2) is 15.3 Å². The van der Waals surface area contributed by atoms with E-state index in [4.69, 9.17) is 23.2 Å². The summed E-state index contributed by atoms with van der Waals surface area (Å²) in [5, 5.41) is 19.8. The second-order valence-corrected chi connectivity index (χ2v) is 5.48. The number of aryl methyl sites for hydroxylation is 2. The Morgan fingerprint density at radius 1 is 1.20 bits per heavy atom. The van der Waals surface area contributed by atoms with Crippen molar-refractivity contribution >= 4 is 23.2 Å². The highest BCUT2D eigenvalue weighted by Crippen LogP contribution is 2.30. The highest BCUT2D eigenvalue weighted by molar-refractivity contribution is 6.36. The van der Waals surface area contributed by atoms with Crippen LogP contribution in [0.4, 0.5) is 0 Å². The second-order valence-electron chi connectivity index (χ2n) is 4.66. The topological polar surface area (TPSA) is 46.0 Å². The maximum absolute atomic E-state index is 10.5. The average Bonchev–Trinajstić information content (AvgIpc) is 2.43. The van der Waals surface area contributed by atoms with Gasteiger partial charge in [0, 0.05) is 22.0 Å². The number of hydrogen-bond acceptors (Lipinski definition) is 3. The van der Waals surface area contributed by atoms with Gasteiger partial charge in [-0.2, -0.15) is 10.2 Å². The molecule has 1 atom stereocenters. The number of benzene rings is 1. The van der Waals surface area contributed by atoms with Crippen LogP contribution in [0.5, 0.6) is 0 Å². The van der Waals surface area contributed by atoms with Crippen LogP contribution in [-0.2, 0) is 12.8 Å². The van der Waals surface area contributed by atoms with E-state index in [0.29, 0.717) is 16.5 Å². The molecule has 1 aromatic carbocycles. The zero-order chi connectivity index (χ0) is 14.7. The lowest BCUT2D eigenvalue weighted by molar-refractivity contribution is 0.176. The Hall–Kier alpha value is -1.16. The molecule has 0 saturated heterocycles. The lowest BCUT2D eigenvalue weighted by Gasteiger charge is -2.16. The van der Waals surface area contributed by atoms with Crippen LogP contribution in [0, 0.1) is 6.92 Å². The molecular weight excluding hydrogens is 295 g/mol. The molecule has 1 unspecified atom stereocenters. The summed E-state index contributed by atoms with van der Waals surface area (Å²) in [4.78, 5) is 0. The SMILES string of the molecule is CCc1nnc(C)cc1C(O)Cc1c(Cl)cccc1Cl. The van der Waals surface area contributed by atoms with E-state index in [-0.39, 0.29) is 0 Å². The van der Waals surface area contributed by atoms with E-state index in [1.54, 1.807) is 18.2 Å². The van der Waals surface area contributed by atoms with Gasteiger partial charge in [0.15, 0.2) is 0 Å². The molecule has 0 aliphatic rings. The maximum Gasteiger partial charge on any atom is 0.0850 e. The third-order valence-corrected chi connectivity index (χ3v) is 3.89. The molecule has 1 aromatic heterocycles. The van der Waals surface area contributed by atoms with Crippen LogP contribution < -0.4 is 0 Å². The molecule has 0 bridgehead atoms. The van der Waals surface area contributed by atoms with Gasteiger partial charge in [-0.25, -0.2) is 0 Å². The minimum Gasteiger partial charge on any atom is -0.388 e. The Balaban J connectivity index is 2.33. The van der Waals surface area contributed by atoms with E-state index < -0.39 is 6.10 Å². The fourth-order valence-corrected chi connectivity index (χ4v) is 2.68. The van der Waals surface area contributed by atoms with Crippen molar-refractivity contribution in [1.82, 2.24) is 10.2 Å². The third kappa shape index (κ3) is 3.29. The van der Waals surface area contributed by atoms with Gasteiger partial charge in [0.1, 0.15) is 0 Å². The largest absolute Gasteiger partial charge is 0.388 e. The minimum absolute atomic E-state index is 0.358. The van der Waals surface area contributed by atoms with E-state index in [0.717, 1.165) is 28.9 Å². The van der Waals surface area contributed by atoms with Gasteiger partial charge in [-0.1, -0.05) is 36.2 Å². The van der Waals surface area contributed by atoms with E-state index in [9.17, 15) is 5.11 Å². The van der Waals surface area contributed by atoms with E-state index in [1.165, 1.54) is 0 Å². The molecule has 20 heavy (non-hydrogen) atoms. The summed E-state index contributed by atoms with van der Waals surface area (Å²) in [5.74, 6) is 0. The van der Waals surface area contributed by atoms with Crippen LogP contribution in [0.25, 0.3) is 0 Å². The highest BCUT2D eigenvalue weighted by Gasteiger charge is 2.17.